The summed E-state index contributed by atoms with van der Waals surface area (Å²) >= 11 is 7.00. The summed E-state index contributed by atoms with van der Waals surface area (Å²) in [7, 11) is 0. The first-order valence-corrected chi connectivity index (χ1v) is 10.9. The minimum Gasteiger partial charge on any atom is -0.207 e. The van der Waals surface area contributed by atoms with Crippen LogP contribution in [0.3, 0.4) is 0 Å². The lowest BCUT2D eigenvalue weighted by molar-refractivity contribution is 0.627. The Balaban J connectivity index is 2.08. The molecule has 4 aromatic carbocycles. The topological polar surface area (TPSA) is 0 Å². The number of rotatable bonds is 4. The van der Waals surface area contributed by atoms with Gasteiger partial charge in [0.2, 0.25) is 0 Å². The fourth-order valence-corrected chi connectivity index (χ4v) is 3.91. The quantitative estimate of drug-likeness (QED) is 0.234. The Labute approximate surface area is 191 Å². The molecule has 0 radical (unpaired) electrons. The molecule has 0 fully saturated rings. The smallest absolute Gasteiger partial charge is 0.123 e. The molecule has 0 heterocycles. The lowest BCUT2D eigenvalue weighted by Crippen LogP contribution is -1.98. The number of hydrogen-bond donors (Lipinski definition) is 0. The van der Waals surface area contributed by atoms with Gasteiger partial charge in [0, 0.05) is 8.95 Å². The molecule has 4 aromatic rings. The van der Waals surface area contributed by atoms with Gasteiger partial charge in [-0.2, -0.15) is 0 Å². The summed E-state index contributed by atoms with van der Waals surface area (Å²) in [6.45, 7) is 0. The number of benzene rings is 4. The minimum atomic E-state index is -0.300. The van der Waals surface area contributed by atoms with Crippen molar-refractivity contribution >= 4 is 43.0 Å². The number of hydrogen-bond acceptors (Lipinski definition) is 0. The Bertz CT molecular complexity index is 984. The predicted molar refractivity (Wildman–Crippen MR) is 126 cm³/mol. The van der Waals surface area contributed by atoms with Crippen molar-refractivity contribution in [1.29, 1.82) is 0 Å². The van der Waals surface area contributed by atoms with Crippen LogP contribution in [-0.2, 0) is 0 Å². The first-order chi connectivity index (χ1) is 14.5. The Kier molecular flexibility index (Phi) is 6.26. The maximum Gasteiger partial charge on any atom is 0.123 e. The molecule has 0 saturated carbocycles. The predicted octanol–water partition coefficient (Wildman–Crippen LogP) is 8.50. The van der Waals surface area contributed by atoms with Gasteiger partial charge in [-0.05, 0) is 81.9 Å². The highest BCUT2D eigenvalue weighted by Crippen LogP contribution is 2.37. The molecule has 0 aromatic heterocycles. The summed E-state index contributed by atoms with van der Waals surface area (Å²) in [5.41, 5.74) is 5.59. The van der Waals surface area contributed by atoms with E-state index < -0.39 is 0 Å². The van der Waals surface area contributed by atoms with E-state index in [0.29, 0.717) is 0 Å². The Morgan fingerprint density at radius 3 is 0.900 bits per heavy atom. The van der Waals surface area contributed by atoms with E-state index in [1.165, 1.54) is 24.3 Å². The lowest BCUT2D eigenvalue weighted by Gasteiger charge is -2.18. The van der Waals surface area contributed by atoms with E-state index in [1.807, 2.05) is 48.5 Å². The molecule has 0 aliphatic carbocycles. The molecule has 148 valence electrons. The second-order valence-corrected chi connectivity index (χ2v) is 8.61. The monoisotopic (exact) mass is 524 g/mol. The van der Waals surface area contributed by atoms with E-state index in [4.69, 9.17) is 0 Å². The molecule has 0 unspecified atom stereocenters. The van der Waals surface area contributed by atoms with Crippen LogP contribution < -0.4 is 0 Å². The van der Waals surface area contributed by atoms with Crippen LogP contribution in [0.15, 0.2) is 106 Å². The van der Waals surface area contributed by atoms with Gasteiger partial charge in [0.25, 0.3) is 0 Å². The van der Waals surface area contributed by atoms with E-state index in [1.54, 1.807) is 24.3 Å². The second kappa shape index (κ2) is 9.07. The summed E-state index contributed by atoms with van der Waals surface area (Å²) in [6.07, 6.45) is 0. The average Bonchev–Trinajstić information content (AvgIpc) is 2.75. The molecule has 0 aliphatic heterocycles. The van der Waals surface area contributed by atoms with Crippen LogP contribution in [0.1, 0.15) is 22.3 Å². The van der Waals surface area contributed by atoms with Crippen molar-refractivity contribution in [3.63, 3.8) is 0 Å². The van der Waals surface area contributed by atoms with E-state index in [2.05, 4.69) is 31.9 Å². The Morgan fingerprint density at radius 1 is 0.400 bits per heavy atom. The van der Waals surface area contributed by atoms with Gasteiger partial charge in [-0.15, -0.1) is 0 Å². The zero-order chi connectivity index (χ0) is 21.1. The third-order valence-electron chi connectivity index (χ3n) is 4.78. The normalized spacial score (nSPS) is 10.7. The van der Waals surface area contributed by atoms with Crippen LogP contribution in [0.25, 0.3) is 11.1 Å². The molecule has 0 bridgehead atoms. The van der Waals surface area contributed by atoms with E-state index in [0.717, 1.165) is 42.3 Å². The highest BCUT2D eigenvalue weighted by Gasteiger charge is 2.16. The first-order valence-electron chi connectivity index (χ1n) is 9.29. The van der Waals surface area contributed by atoms with E-state index >= 15 is 0 Å². The molecule has 0 saturated heterocycles. The largest absolute Gasteiger partial charge is 0.207 e. The standard InChI is InChI=1S/C26H16Br2F2/c27-21-9-1-17(2-10-21)25(18-3-11-22(28)12-4-18)26(19-5-13-23(29)14-6-19)20-7-15-24(30)16-8-20/h1-16H. The van der Waals surface area contributed by atoms with Gasteiger partial charge < -0.3 is 0 Å². The van der Waals surface area contributed by atoms with Crippen molar-refractivity contribution in [2.24, 2.45) is 0 Å². The third kappa shape index (κ3) is 4.61. The molecule has 0 spiro atoms. The van der Waals surface area contributed by atoms with E-state index in [9.17, 15) is 8.78 Å². The zero-order valence-electron chi connectivity index (χ0n) is 15.7. The lowest BCUT2D eigenvalue weighted by atomic mass is 9.86. The van der Waals surface area contributed by atoms with Gasteiger partial charge in [0.15, 0.2) is 0 Å². The maximum atomic E-state index is 13.7. The van der Waals surface area contributed by atoms with E-state index in [-0.39, 0.29) is 11.6 Å². The molecule has 0 N–H and O–H groups in total. The molecule has 4 heteroatoms. The minimum absolute atomic E-state index is 0.300. The highest BCUT2D eigenvalue weighted by molar-refractivity contribution is 9.10. The third-order valence-corrected chi connectivity index (χ3v) is 5.84. The molecule has 0 aliphatic rings. The summed E-state index contributed by atoms with van der Waals surface area (Å²) < 4.78 is 29.3. The molecular weight excluding hydrogens is 510 g/mol. The molecule has 0 atom stereocenters. The summed E-state index contributed by atoms with van der Waals surface area (Å²) in [4.78, 5) is 0. The van der Waals surface area contributed by atoms with Crippen molar-refractivity contribution in [3.05, 3.63) is 140 Å². The van der Waals surface area contributed by atoms with Gasteiger partial charge in [-0.1, -0.05) is 80.4 Å². The Hall–Kier alpha value is -2.56. The van der Waals surface area contributed by atoms with Crippen LogP contribution >= 0.6 is 31.9 Å². The molecule has 0 nitrogen and oxygen atoms in total. The van der Waals surface area contributed by atoms with Crippen molar-refractivity contribution < 1.29 is 8.78 Å². The fraction of sp³-hybridized carbons (Fsp3) is 0. The highest BCUT2D eigenvalue weighted by atomic mass is 79.9. The number of halogens is 4. The van der Waals surface area contributed by atoms with Gasteiger partial charge in [0.1, 0.15) is 11.6 Å². The van der Waals surface area contributed by atoms with Crippen molar-refractivity contribution in [2.45, 2.75) is 0 Å². The van der Waals surface area contributed by atoms with Crippen LogP contribution in [-0.4, -0.2) is 0 Å². The van der Waals surface area contributed by atoms with Crippen LogP contribution in [0.4, 0.5) is 8.78 Å². The summed E-state index contributed by atoms with van der Waals surface area (Å²) in [5.74, 6) is -0.600. The maximum absolute atomic E-state index is 13.7. The molecule has 4 rings (SSSR count). The molecule has 30 heavy (non-hydrogen) atoms. The second-order valence-electron chi connectivity index (χ2n) is 6.78. The van der Waals surface area contributed by atoms with Crippen LogP contribution in [0.5, 0.6) is 0 Å². The fourth-order valence-electron chi connectivity index (χ4n) is 3.38. The SMILES string of the molecule is Fc1ccc(C(=C(c2ccc(Br)cc2)c2ccc(Br)cc2)c2ccc(F)cc2)cc1. The van der Waals surface area contributed by atoms with Crippen molar-refractivity contribution in [3.8, 4) is 0 Å². The van der Waals surface area contributed by atoms with Gasteiger partial charge in [0.05, 0.1) is 0 Å². The van der Waals surface area contributed by atoms with Crippen LogP contribution in [0.2, 0.25) is 0 Å². The molecule has 0 amide bonds. The van der Waals surface area contributed by atoms with Crippen LogP contribution in [0, 0.1) is 11.6 Å². The zero-order valence-corrected chi connectivity index (χ0v) is 18.9. The average molecular weight is 526 g/mol. The summed E-state index contributed by atoms with van der Waals surface area (Å²) in [6, 6.07) is 28.9. The first kappa shape index (κ1) is 20.7. The van der Waals surface area contributed by atoms with Gasteiger partial charge in [-0.25, -0.2) is 8.78 Å². The summed E-state index contributed by atoms with van der Waals surface area (Å²) in [5, 5.41) is 0. The van der Waals surface area contributed by atoms with Crippen molar-refractivity contribution in [1.82, 2.24) is 0 Å². The van der Waals surface area contributed by atoms with Gasteiger partial charge >= 0.3 is 0 Å². The van der Waals surface area contributed by atoms with Crippen molar-refractivity contribution in [2.75, 3.05) is 0 Å². The van der Waals surface area contributed by atoms with Gasteiger partial charge in [-0.3, -0.25) is 0 Å². The Morgan fingerprint density at radius 2 is 0.633 bits per heavy atom. The molecular formula is C26H16Br2F2.